The number of anilines is 1. The van der Waals surface area contributed by atoms with Crippen LogP contribution in [0.4, 0.5) is 5.82 Å². The van der Waals surface area contributed by atoms with Crippen molar-refractivity contribution < 1.29 is 4.79 Å². The number of aromatic nitrogens is 2. The number of primary amides is 1. The number of amides is 1. The van der Waals surface area contributed by atoms with Gasteiger partial charge in [-0.25, -0.2) is 9.97 Å². The summed E-state index contributed by atoms with van der Waals surface area (Å²) in [6.45, 7) is 6.19. The van der Waals surface area contributed by atoms with Crippen LogP contribution >= 0.6 is 34.7 Å². The Hall–Kier alpha value is -1.87. The van der Waals surface area contributed by atoms with Gasteiger partial charge in [0.1, 0.15) is 22.5 Å². The molecule has 1 amide bonds. The number of nitrogens with zero attached hydrogens (tertiary/aromatic N) is 3. The second-order valence-electron chi connectivity index (χ2n) is 7.02. The van der Waals surface area contributed by atoms with Gasteiger partial charge in [-0.2, -0.15) is 0 Å². The molecule has 0 saturated carbocycles. The van der Waals surface area contributed by atoms with E-state index in [-0.39, 0.29) is 11.9 Å². The van der Waals surface area contributed by atoms with E-state index in [9.17, 15) is 4.79 Å². The van der Waals surface area contributed by atoms with Crippen LogP contribution in [0.15, 0.2) is 29.2 Å². The number of aryl methyl sites for hydroxylation is 2. The smallest absolute Gasteiger partial charge is 0.236 e. The lowest BCUT2D eigenvalue weighted by Gasteiger charge is -2.33. The number of hydrogen-bond acceptors (Lipinski definition) is 7. The van der Waals surface area contributed by atoms with Crippen molar-refractivity contribution in [2.24, 2.45) is 5.73 Å². The lowest BCUT2D eigenvalue weighted by atomic mass is 10.1. The van der Waals surface area contributed by atoms with Gasteiger partial charge in [0.2, 0.25) is 5.91 Å². The van der Waals surface area contributed by atoms with E-state index in [0.29, 0.717) is 18.8 Å². The van der Waals surface area contributed by atoms with Gasteiger partial charge >= 0.3 is 0 Å². The van der Waals surface area contributed by atoms with Gasteiger partial charge < -0.3 is 16.0 Å². The minimum atomic E-state index is -0.374. The average molecular weight is 448 g/mol. The zero-order chi connectivity index (χ0) is 20.5. The van der Waals surface area contributed by atoms with Crippen LogP contribution in [-0.2, 0) is 10.5 Å². The van der Waals surface area contributed by atoms with Crippen molar-refractivity contribution in [1.29, 1.82) is 0 Å². The zero-order valence-electron chi connectivity index (χ0n) is 16.2. The lowest BCUT2D eigenvalue weighted by Crippen LogP contribution is -2.56. The molecule has 9 heteroatoms. The maximum Gasteiger partial charge on any atom is 0.236 e. The van der Waals surface area contributed by atoms with E-state index in [0.717, 1.165) is 38.3 Å². The molecule has 152 valence electrons. The first-order chi connectivity index (χ1) is 13.9. The first-order valence-corrected chi connectivity index (χ1v) is 11.5. The number of halogens is 1. The number of nitrogens with one attached hydrogen (secondary N) is 1. The van der Waals surface area contributed by atoms with Gasteiger partial charge in [0.05, 0.1) is 11.1 Å². The van der Waals surface area contributed by atoms with Crippen molar-refractivity contribution in [3.63, 3.8) is 0 Å². The van der Waals surface area contributed by atoms with Gasteiger partial charge in [-0.3, -0.25) is 4.79 Å². The van der Waals surface area contributed by atoms with Gasteiger partial charge in [-0.15, -0.1) is 23.1 Å². The highest BCUT2D eigenvalue weighted by Crippen LogP contribution is 2.36. The van der Waals surface area contributed by atoms with Crippen molar-refractivity contribution in [2.75, 3.05) is 24.5 Å². The molecule has 3 heterocycles. The number of hydrogen-bond donors (Lipinski definition) is 2. The minimum absolute atomic E-state index is 0.336. The van der Waals surface area contributed by atoms with Gasteiger partial charge in [0.15, 0.2) is 0 Å². The number of carbonyl (C=O) groups is 1. The maximum absolute atomic E-state index is 11.7. The lowest BCUT2D eigenvalue weighted by molar-refractivity contribution is -0.120. The summed E-state index contributed by atoms with van der Waals surface area (Å²) in [5, 5.41) is 4.99. The Kier molecular flexibility index (Phi) is 5.96. The molecular weight excluding hydrogens is 426 g/mol. The molecule has 29 heavy (non-hydrogen) atoms. The topological polar surface area (TPSA) is 84.1 Å². The molecular formula is C20H22ClN5OS2. The van der Waals surface area contributed by atoms with E-state index in [4.69, 9.17) is 27.3 Å². The molecule has 0 bridgehead atoms. The Morgan fingerprint density at radius 3 is 2.83 bits per heavy atom. The van der Waals surface area contributed by atoms with E-state index >= 15 is 0 Å². The monoisotopic (exact) mass is 447 g/mol. The third kappa shape index (κ3) is 4.35. The fourth-order valence-corrected chi connectivity index (χ4v) is 5.30. The van der Waals surface area contributed by atoms with E-state index in [1.165, 1.54) is 10.4 Å². The van der Waals surface area contributed by atoms with Crippen molar-refractivity contribution >= 4 is 56.6 Å². The number of benzene rings is 1. The summed E-state index contributed by atoms with van der Waals surface area (Å²) in [5.74, 6) is 2.00. The first-order valence-electron chi connectivity index (χ1n) is 9.35. The Morgan fingerprint density at radius 1 is 1.34 bits per heavy atom. The highest BCUT2D eigenvalue weighted by Gasteiger charge is 2.27. The standard InChI is InChI=1S/C20H22ClN5OS2/c1-11-12(2)29-20-17(11)19(26-8-7-23-15(9-26)18(22)27)24-16(25-20)10-28-14-5-3-13(21)4-6-14/h3-6,15,23H,7-10H2,1-2H3,(H2,22,27). The molecule has 0 radical (unpaired) electrons. The van der Waals surface area contributed by atoms with E-state index in [2.05, 4.69) is 24.1 Å². The number of fused-ring (bicyclic) bond motifs is 1. The fraction of sp³-hybridized carbons (Fsp3) is 0.350. The second kappa shape index (κ2) is 8.47. The van der Waals surface area contributed by atoms with Gasteiger partial charge in [0.25, 0.3) is 0 Å². The Balaban J connectivity index is 1.68. The molecule has 1 aliphatic rings. The molecule has 1 fully saturated rings. The summed E-state index contributed by atoms with van der Waals surface area (Å²) in [7, 11) is 0. The molecule has 0 aliphatic carbocycles. The van der Waals surface area contributed by atoms with E-state index in [1.54, 1.807) is 23.1 Å². The van der Waals surface area contributed by atoms with Crippen LogP contribution in [0.5, 0.6) is 0 Å². The maximum atomic E-state index is 11.7. The molecule has 1 aliphatic heterocycles. The zero-order valence-corrected chi connectivity index (χ0v) is 18.6. The summed E-state index contributed by atoms with van der Waals surface area (Å²) in [4.78, 5) is 27.0. The van der Waals surface area contributed by atoms with Crippen LogP contribution in [-0.4, -0.2) is 41.6 Å². The van der Waals surface area contributed by atoms with Crippen LogP contribution in [0.2, 0.25) is 5.02 Å². The highest BCUT2D eigenvalue weighted by molar-refractivity contribution is 7.98. The minimum Gasteiger partial charge on any atom is -0.368 e. The van der Waals surface area contributed by atoms with Crippen molar-refractivity contribution in [3.05, 3.63) is 45.6 Å². The first kappa shape index (κ1) is 20.4. The average Bonchev–Trinajstić information content (AvgIpc) is 3.00. The number of thioether (sulfide) groups is 1. The highest BCUT2D eigenvalue weighted by atomic mass is 35.5. The number of piperazine rings is 1. The van der Waals surface area contributed by atoms with E-state index < -0.39 is 0 Å². The predicted octanol–water partition coefficient (Wildman–Crippen LogP) is 3.52. The summed E-state index contributed by atoms with van der Waals surface area (Å²) >= 11 is 9.34. The Bertz CT molecular complexity index is 1050. The van der Waals surface area contributed by atoms with E-state index in [1.807, 2.05) is 24.3 Å². The Morgan fingerprint density at radius 2 is 2.10 bits per heavy atom. The molecule has 2 aromatic heterocycles. The molecule has 3 N–H and O–H groups in total. The third-order valence-corrected chi connectivity index (χ3v) is 7.42. The van der Waals surface area contributed by atoms with Crippen molar-refractivity contribution in [1.82, 2.24) is 15.3 Å². The van der Waals surface area contributed by atoms with Crippen molar-refractivity contribution in [2.45, 2.75) is 30.5 Å². The van der Waals surface area contributed by atoms with Crippen LogP contribution in [0, 0.1) is 13.8 Å². The molecule has 4 rings (SSSR count). The SMILES string of the molecule is Cc1sc2nc(CSc3ccc(Cl)cc3)nc(N3CCNC(C(N)=O)C3)c2c1C. The largest absolute Gasteiger partial charge is 0.368 e. The normalized spacial score (nSPS) is 17.1. The predicted molar refractivity (Wildman–Crippen MR) is 121 cm³/mol. The number of rotatable bonds is 5. The third-order valence-electron chi connectivity index (χ3n) is 5.06. The summed E-state index contributed by atoms with van der Waals surface area (Å²) < 4.78 is 0. The number of thiophene rings is 1. The quantitative estimate of drug-likeness (QED) is 0.582. The molecule has 0 spiro atoms. The van der Waals surface area contributed by atoms with Gasteiger partial charge in [0, 0.05) is 34.4 Å². The molecule has 1 aromatic carbocycles. The van der Waals surface area contributed by atoms with Crippen LogP contribution in [0.3, 0.4) is 0 Å². The molecule has 1 saturated heterocycles. The van der Waals surface area contributed by atoms with Gasteiger partial charge in [-0.1, -0.05) is 11.6 Å². The molecule has 3 aromatic rings. The second-order valence-corrected chi connectivity index (χ2v) is 9.71. The summed E-state index contributed by atoms with van der Waals surface area (Å²) in [6.07, 6.45) is 0. The molecule has 1 atom stereocenters. The number of carbonyl (C=O) groups excluding carboxylic acids is 1. The molecule has 6 nitrogen and oxygen atoms in total. The molecule has 1 unspecified atom stereocenters. The van der Waals surface area contributed by atoms with Crippen LogP contribution in [0.1, 0.15) is 16.3 Å². The number of nitrogens with two attached hydrogens (primary N) is 1. The fourth-order valence-electron chi connectivity index (χ4n) is 3.38. The van der Waals surface area contributed by atoms with Crippen molar-refractivity contribution in [3.8, 4) is 0 Å². The van der Waals surface area contributed by atoms with Gasteiger partial charge in [-0.05, 0) is 43.7 Å². The summed E-state index contributed by atoms with van der Waals surface area (Å²) in [6, 6.07) is 7.39. The van der Waals surface area contributed by atoms with Crippen LogP contribution in [0.25, 0.3) is 10.2 Å². The summed E-state index contributed by atoms with van der Waals surface area (Å²) in [5.41, 5.74) is 6.74. The van der Waals surface area contributed by atoms with Crippen LogP contribution < -0.4 is 16.0 Å². The Labute approximate surface area is 182 Å².